The van der Waals surface area contributed by atoms with Crippen LogP contribution in [0.15, 0.2) is 0 Å². The largest absolute Gasteiger partial charge is 0.396 e. The molecule has 0 radical (unpaired) electrons. The molecule has 0 aliphatic rings. The second kappa shape index (κ2) is 7.57. The summed E-state index contributed by atoms with van der Waals surface area (Å²) in [5.41, 5.74) is 1.88. The fraction of sp³-hybridized carbons (Fsp3) is 0.625. The average Bonchev–Trinajstić information content (AvgIpc) is 2.59. The first-order valence-electron chi connectivity index (χ1n) is 8.23. The topological polar surface area (TPSA) is 108 Å². The van der Waals surface area contributed by atoms with Crippen LogP contribution in [0.3, 0.4) is 0 Å². The molecular formula is C16H27N7O. The maximum atomic E-state index is 9.61. The summed E-state index contributed by atoms with van der Waals surface area (Å²) in [5, 5.41) is 18.9. The lowest BCUT2D eigenvalue weighted by Crippen LogP contribution is -2.21. The Morgan fingerprint density at radius 1 is 0.958 bits per heavy atom. The maximum absolute atomic E-state index is 9.61. The molecule has 0 bridgehead atoms. The van der Waals surface area contributed by atoms with Gasteiger partial charge >= 0.3 is 0 Å². The molecule has 8 nitrogen and oxygen atoms in total. The van der Waals surface area contributed by atoms with Gasteiger partial charge in [-0.3, -0.25) is 0 Å². The lowest BCUT2D eigenvalue weighted by Gasteiger charge is -2.22. The van der Waals surface area contributed by atoms with Crippen molar-refractivity contribution >= 4 is 28.7 Å². The molecule has 0 atom stereocenters. The maximum Gasteiger partial charge on any atom is 0.225 e. The van der Waals surface area contributed by atoms with Crippen LogP contribution in [0, 0.1) is 5.41 Å². The van der Waals surface area contributed by atoms with Crippen LogP contribution in [0.25, 0.3) is 11.0 Å². The van der Waals surface area contributed by atoms with Gasteiger partial charge in [0.25, 0.3) is 0 Å². The fourth-order valence-electron chi connectivity index (χ4n) is 2.30. The van der Waals surface area contributed by atoms with Crippen molar-refractivity contribution in [2.24, 2.45) is 5.41 Å². The normalized spacial score (nSPS) is 11.6. The summed E-state index contributed by atoms with van der Waals surface area (Å²) < 4.78 is 0. The van der Waals surface area contributed by atoms with Crippen LogP contribution in [0.4, 0.5) is 17.7 Å². The van der Waals surface area contributed by atoms with Gasteiger partial charge in [-0.05, 0) is 18.3 Å². The van der Waals surface area contributed by atoms with Gasteiger partial charge in [0.15, 0.2) is 5.82 Å². The molecule has 4 N–H and O–H groups in total. The molecule has 24 heavy (non-hydrogen) atoms. The average molecular weight is 333 g/mol. The number of hydrogen-bond acceptors (Lipinski definition) is 8. The Morgan fingerprint density at radius 3 is 2.17 bits per heavy atom. The van der Waals surface area contributed by atoms with Gasteiger partial charge < -0.3 is 21.1 Å². The lowest BCUT2D eigenvalue weighted by molar-refractivity contribution is 0.159. The molecule has 0 unspecified atom stereocenters. The van der Waals surface area contributed by atoms with Crippen molar-refractivity contribution < 1.29 is 5.11 Å². The van der Waals surface area contributed by atoms with Crippen molar-refractivity contribution in [3.8, 4) is 0 Å². The van der Waals surface area contributed by atoms with Crippen molar-refractivity contribution in [2.75, 3.05) is 43.2 Å². The van der Waals surface area contributed by atoms with Crippen molar-refractivity contribution in [2.45, 2.75) is 33.6 Å². The molecule has 0 aliphatic heterocycles. The zero-order chi connectivity index (χ0) is 17.7. The van der Waals surface area contributed by atoms with Crippen molar-refractivity contribution in [3.63, 3.8) is 0 Å². The molecule has 0 fully saturated rings. The van der Waals surface area contributed by atoms with Crippen molar-refractivity contribution in [1.82, 2.24) is 19.9 Å². The predicted molar refractivity (Wildman–Crippen MR) is 97.6 cm³/mol. The Balaban J connectivity index is 2.66. The fourth-order valence-corrected chi connectivity index (χ4v) is 2.30. The smallest absolute Gasteiger partial charge is 0.225 e. The van der Waals surface area contributed by atoms with Gasteiger partial charge in [0.2, 0.25) is 11.9 Å². The molecule has 0 aliphatic carbocycles. The molecule has 0 saturated carbocycles. The van der Waals surface area contributed by atoms with Crippen LogP contribution in [0.5, 0.6) is 0 Å². The number of nitrogens with one attached hydrogen (secondary N) is 3. The Hall–Kier alpha value is -2.22. The van der Waals surface area contributed by atoms with Crippen LogP contribution >= 0.6 is 0 Å². The third-order valence-corrected chi connectivity index (χ3v) is 3.68. The van der Waals surface area contributed by atoms with Crippen LogP contribution in [-0.2, 0) is 6.42 Å². The second-order valence-corrected chi connectivity index (χ2v) is 6.51. The summed E-state index contributed by atoms with van der Waals surface area (Å²) in [6, 6.07) is 0. The highest BCUT2D eigenvalue weighted by Crippen LogP contribution is 2.28. The molecule has 2 heterocycles. The van der Waals surface area contributed by atoms with Gasteiger partial charge in [-0.1, -0.05) is 20.8 Å². The summed E-state index contributed by atoms with van der Waals surface area (Å²) in [6.07, 6.45) is 1.57. The number of rotatable bonds is 8. The number of fused-ring (bicyclic) bond motifs is 1. The van der Waals surface area contributed by atoms with Gasteiger partial charge in [0.1, 0.15) is 11.0 Å². The van der Waals surface area contributed by atoms with E-state index in [4.69, 9.17) is 0 Å². The number of anilines is 3. The second-order valence-electron chi connectivity index (χ2n) is 6.51. The first-order chi connectivity index (χ1) is 11.4. The summed E-state index contributed by atoms with van der Waals surface area (Å²) in [5.74, 6) is 1.73. The van der Waals surface area contributed by atoms with Gasteiger partial charge in [0.05, 0.1) is 5.69 Å². The predicted octanol–water partition coefficient (Wildman–Crippen LogP) is 1.89. The van der Waals surface area contributed by atoms with Crippen LogP contribution in [0.1, 0.15) is 32.9 Å². The minimum Gasteiger partial charge on any atom is -0.396 e. The number of aliphatic hydroxyl groups excluding tert-OH is 1. The van der Waals surface area contributed by atoms with E-state index in [-0.39, 0.29) is 12.0 Å². The van der Waals surface area contributed by atoms with E-state index < -0.39 is 0 Å². The molecule has 0 spiro atoms. The lowest BCUT2D eigenvalue weighted by atomic mass is 9.88. The zero-order valence-electron chi connectivity index (χ0n) is 15.1. The molecule has 0 aromatic carbocycles. The van der Waals surface area contributed by atoms with Gasteiger partial charge in [-0.2, -0.15) is 4.98 Å². The first kappa shape index (κ1) is 18.1. The van der Waals surface area contributed by atoms with Gasteiger partial charge in [-0.25, -0.2) is 15.0 Å². The molecule has 132 valence electrons. The zero-order valence-corrected chi connectivity index (χ0v) is 15.1. The standard InChI is InChI=1S/C16H27N7O/c1-6-7-19-13-12-11(21-15(18-5)23-13)10(8-16(2,3)9-24)20-14(17-4)22-12/h24H,6-9H2,1-5H3,(H,17,20,22)(H2,18,19,21,23). The Morgan fingerprint density at radius 2 is 1.58 bits per heavy atom. The molecule has 0 saturated heterocycles. The Labute approximate surface area is 142 Å². The highest BCUT2D eigenvalue weighted by Gasteiger charge is 2.23. The van der Waals surface area contributed by atoms with Gasteiger partial charge in [-0.15, -0.1) is 0 Å². The van der Waals surface area contributed by atoms with Gasteiger partial charge in [0, 0.05) is 27.2 Å². The van der Waals surface area contributed by atoms with Crippen LogP contribution < -0.4 is 16.0 Å². The third-order valence-electron chi connectivity index (χ3n) is 3.68. The molecule has 2 rings (SSSR count). The van der Waals surface area contributed by atoms with Crippen LogP contribution in [0.2, 0.25) is 0 Å². The van der Waals surface area contributed by atoms with E-state index in [1.54, 1.807) is 14.1 Å². The third kappa shape index (κ3) is 4.00. The molecule has 0 amide bonds. The summed E-state index contributed by atoms with van der Waals surface area (Å²) >= 11 is 0. The highest BCUT2D eigenvalue weighted by molar-refractivity contribution is 5.88. The SMILES string of the molecule is CCCNc1nc(NC)nc2c(CC(C)(C)CO)nc(NC)nc12. The number of nitrogens with zero attached hydrogens (tertiary/aromatic N) is 4. The van der Waals surface area contributed by atoms with Crippen molar-refractivity contribution in [3.05, 3.63) is 5.69 Å². The van der Waals surface area contributed by atoms with E-state index in [9.17, 15) is 5.11 Å². The minimum atomic E-state index is -0.298. The number of aromatic nitrogens is 4. The van der Waals surface area contributed by atoms with Crippen molar-refractivity contribution in [1.29, 1.82) is 0 Å². The monoisotopic (exact) mass is 333 g/mol. The Bertz CT molecular complexity index is 702. The highest BCUT2D eigenvalue weighted by atomic mass is 16.3. The van der Waals surface area contributed by atoms with Crippen LogP contribution in [-0.4, -0.2) is 52.3 Å². The number of hydrogen-bond donors (Lipinski definition) is 4. The molecular weight excluding hydrogens is 306 g/mol. The minimum absolute atomic E-state index is 0.0678. The molecule has 8 heteroatoms. The Kier molecular flexibility index (Phi) is 5.71. The summed E-state index contributed by atoms with van der Waals surface area (Å²) in [4.78, 5) is 18.2. The molecule has 2 aromatic rings. The summed E-state index contributed by atoms with van der Waals surface area (Å²) in [7, 11) is 3.56. The quantitative estimate of drug-likeness (QED) is 0.580. The van der Waals surface area contributed by atoms with E-state index in [0.29, 0.717) is 35.2 Å². The van der Waals surface area contributed by atoms with E-state index >= 15 is 0 Å². The van der Waals surface area contributed by atoms with E-state index in [2.05, 4.69) is 42.8 Å². The molecule has 2 aromatic heterocycles. The van der Waals surface area contributed by atoms with E-state index in [1.807, 2.05) is 13.8 Å². The van der Waals surface area contributed by atoms with E-state index in [0.717, 1.165) is 18.7 Å². The van der Waals surface area contributed by atoms with E-state index in [1.165, 1.54) is 0 Å². The number of aliphatic hydroxyl groups is 1. The summed E-state index contributed by atoms with van der Waals surface area (Å²) in [6.45, 7) is 6.95. The first-order valence-corrected chi connectivity index (χ1v) is 8.23.